The number of methoxy groups -OCH3 is 1. The minimum Gasteiger partial charge on any atom is -0.490 e. The molecule has 1 amide bonds. The fraction of sp³-hybridized carbons (Fsp3) is 0.480. The maximum atomic E-state index is 15.7. The molecule has 3 rings (SSSR count). The molecule has 32 heavy (non-hydrogen) atoms. The van der Waals surface area contributed by atoms with E-state index in [-0.39, 0.29) is 37.5 Å². The van der Waals surface area contributed by atoms with Crippen LogP contribution in [0.15, 0.2) is 54.6 Å². The van der Waals surface area contributed by atoms with Gasteiger partial charge in [-0.2, -0.15) is 0 Å². The van der Waals surface area contributed by atoms with Gasteiger partial charge in [0, 0.05) is 43.6 Å². The molecule has 0 saturated carbocycles. The molecule has 0 bridgehead atoms. The van der Waals surface area contributed by atoms with Crippen molar-refractivity contribution in [2.24, 2.45) is 5.92 Å². The number of amides is 1. The third-order valence-corrected chi connectivity index (χ3v) is 8.65. The Bertz CT molecular complexity index is 889. The predicted molar refractivity (Wildman–Crippen MR) is 126 cm³/mol. The zero-order valence-electron chi connectivity index (χ0n) is 19.3. The van der Waals surface area contributed by atoms with Crippen molar-refractivity contribution in [2.75, 3.05) is 20.3 Å². The van der Waals surface area contributed by atoms with E-state index in [4.69, 9.17) is 9.47 Å². The van der Waals surface area contributed by atoms with Crippen molar-refractivity contribution >= 4 is 14.3 Å². The molecule has 0 aromatic heterocycles. The Morgan fingerprint density at radius 3 is 2.47 bits per heavy atom. The lowest BCUT2D eigenvalue weighted by atomic mass is 9.86. The minimum absolute atomic E-state index is 0.0379. The Hall–Kier alpha value is -2.22. The van der Waals surface area contributed by atoms with Crippen LogP contribution in [0.1, 0.15) is 30.6 Å². The van der Waals surface area contributed by atoms with E-state index in [1.165, 1.54) is 0 Å². The lowest BCUT2D eigenvalue weighted by Crippen LogP contribution is -2.48. The molecular weight excluding hydrogens is 425 g/mol. The van der Waals surface area contributed by atoms with Gasteiger partial charge in [0.2, 0.25) is 14.3 Å². The van der Waals surface area contributed by atoms with E-state index >= 15 is 4.11 Å². The van der Waals surface area contributed by atoms with Crippen LogP contribution in [0, 0.1) is 5.92 Å². The van der Waals surface area contributed by atoms with Gasteiger partial charge in [0.15, 0.2) is 0 Å². The number of aliphatic hydroxyl groups is 1. The van der Waals surface area contributed by atoms with Gasteiger partial charge in [-0.3, -0.25) is 4.79 Å². The van der Waals surface area contributed by atoms with Crippen LogP contribution in [-0.4, -0.2) is 50.7 Å². The van der Waals surface area contributed by atoms with E-state index in [0.717, 1.165) is 11.1 Å². The zero-order valence-corrected chi connectivity index (χ0v) is 20.3. The Labute approximate surface area is 191 Å². The Morgan fingerprint density at radius 1 is 1.19 bits per heavy atom. The second-order valence-electron chi connectivity index (χ2n) is 9.04. The van der Waals surface area contributed by atoms with Crippen molar-refractivity contribution in [3.05, 3.63) is 65.7 Å². The number of rotatable bonds is 9. The third-order valence-electron chi connectivity index (χ3n) is 6.35. The van der Waals surface area contributed by atoms with Crippen LogP contribution in [0.5, 0.6) is 5.75 Å². The summed E-state index contributed by atoms with van der Waals surface area (Å²) in [6, 6.07) is 17.3. The van der Waals surface area contributed by atoms with Crippen LogP contribution in [0.3, 0.4) is 0 Å². The highest BCUT2D eigenvalue weighted by molar-refractivity contribution is 6.72. The molecule has 1 aliphatic heterocycles. The summed E-state index contributed by atoms with van der Waals surface area (Å²) in [4.78, 5) is 14.9. The fourth-order valence-electron chi connectivity index (χ4n) is 4.61. The Balaban J connectivity index is 1.85. The SMILES string of the molecule is CO[C@@H]1c2ccccc2O[C@H](C(CC(=O)N(CCO)Cc2ccccc2)[Si](C)(C)F)[C@H]1C. The van der Waals surface area contributed by atoms with E-state index in [2.05, 4.69) is 0 Å². The van der Waals surface area contributed by atoms with Gasteiger partial charge in [0.25, 0.3) is 0 Å². The summed E-state index contributed by atoms with van der Waals surface area (Å²) in [6.07, 6.45) is -0.661. The predicted octanol–water partition coefficient (Wildman–Crippen LogP) is 4.73. The fourth-order valence-corrected chi connectivity index (χ4v) is 6.42. The van der Waals surface area contributed by atoms with E-state index in [9.17, 15) is 9.90 Å². The number of aliphatic hydroxyl groups excluding tert-OH is 1. The molecule has 0 aliphatic carbocycles. The first-order valence-electron chi connectivity index (χ1n) is 11.2. The van der Waals surface area contributed by atoms with Crippen molar-refractivity contribution in [3.63, 3.8) is 0 Å². The number of benzene rings is 2. The quantitative estimate of drug-likeness (QED) is 0.435. The van der Waals surface area contributed by atoms with Gasteiger partial charge < -0.3 is 23.6 Å². The zero-order chi connectivity index (χ0) is 23.3. The summed E-state index contributed by atoms with van der Waals surface area (Å²) in [7, 11) is -1.64. The number of hydrogen-bond acceptors (Lipinski definition) is 4. The lowest BCUT2D eigenvalue weighted by Gasteiger charge is -2.43. The lowest BCUT2D eigenvalue weighted by molar-refractivity contribution is -0.133. The average Bonchev–Trinajstić information content (AvgIpc) is 2.77. The molecule has 5 nitrogen and oxygen atoms in total. The molecule has 0 fully saturated rings. The maximum Gasteiger partial charge on any atom is 0.248 e. The molecule has 4 atom stereocenters. The van der Waals surface area contributed by atoms with E-state index in [1.807, 2.05) is 61.5 Å². The smallest absolute Gasteiger partial charge is 0.248 e. The number of halogens is 1. The van der Waals surface area contributed by atoms with Crippen LogP contribution >= 0.6 is 0 Å². The van der Waals surface area contributed by atoms with Crippen molar-refractivity contribution in [1.29, 1.82) is 0 Å². The van der Waals surface area contributed by atoms with Crippen molar-refractivity contribution < 1.29 is 23.5 Å². The topological polar surface area (TPSA) is 59.0 Å². The van der Waals surface area contributed by atoms with Crippen LogP contribution in [-0.2, 0) is 16.1 Å². The molecule has 1 aliphatic rings. The molecule has 1 unspecified atom stereocenters. The highest BCUT2D eigenvalue weighted by Crippen LogP contribution is 2.47. The molecular formula is C25H34FNO4Si. The first-order valence-corrected chi connectivity index (χ1v) is 14.1. The summed E-state index contributed by atoms with van der Waals surface area (Å²) in [5, 5.41) is 9.52. The van der Waals surface area contributed by atoms with E-state index < -0.39 is 20.1 Å². The Morgan fingerprint density at radius 2 is 1.84 bits per heavy atom. The van der Waals surface area contributed by atoms with Gasteiger partial charge in [-0.05, 0) is 24.7 Å². The largest absolute Gasteiger partial charge is 0.490 e. The summed E-state index contributed by atoms with van der Waals surface area (Å²) in [6.45, 7) is 5.72. The number of fused-ring (bicyclic) bond motifs is 1. The van der Waals surface area contributed by atoms with Crippen LogP contribution in [0.25, 0.3) is 0 Å². The van der Waals surface area contributed by atoms with Crippen molar-refractivity contribution in [2.45, 2.75) is 50.7 Å². The van der Waals surface area contributed by atoms with Gasteiger partial charge in [0.1, 0.15) is 11.9 Å². The molecule has 2 aromatic carbocycles. The van der Waals surface area contributed by atoms with Crippen molar-refractivity contribution in [1.82, 2.24) is 4.90 Å². The molecule has 1 heterocycles. The standard InChI is InChI=1S/C25H34FNO4Si/c1-18-24(30-2)20-12-8-9-13-21(20)31-25(18)22(32(3,4)26)16-23(29)27(14-15-28)17-19-10-6-5-7-11-19/h5-13,18,22,24-25,28H,14-17H2,1-4H3/t18-,22?,24-,25-/m0/s1. The second kappa shape index (κ2) is 10.6. The van der Waals surface area contributed by atoms with Crippen LogP contribution in [0.4, 0.5) is 4.11 Å². The average molecular weight is 460 g/mol. The van der Waals surface area contributed by atoms with Gasteiger partial charge in [-0.25, -0.2) is 0 Å². The molecule has 174 valence electrons. The monoisotopic (exact) mass is 459 g/mol. The maximum absolute atomic E-state index is 15.7. The van der Waals surface area contributed by atoms with Gasteiger partial charge in [-0.1, -0.05) is 55.5 Å². The first-order chi connectivity index (χ1) is 15.3. The molecule has 2 aromatic rings. The van der Waals surface area contributed by atoms with E-state index in [0.29, 0.717) is 12.3 Å². The van der Waals surface area contributed by atoms with Crippen LogP contribution < -0.4 is 4.74 Å². The van der Waals surface area contributed by atoms with Crippen LogP contribution in [0.2, 0.25) is 18.6 Å². The van der Waals surface area contributed by atoms with E-state index in [1.54, 1.807) is 25.1 Å². The second-order valence-corrected chi connectivity index (χ2v) is 12.9. The number of nitrogens with zero attached hydrogens (tertiary/aromatic N) is 1. The highest BCUT2D eigenvalue weighted by Gasteiger charge is 2.48. The number of hydrogen-bond donors (Lipinski definition) is 1. The number of para-hydroxylation sites is 1. The Kier molecular flexibility index (Phi) is 8.09. The number of carbonyl (C=O) groups excluding carboxylic acids is 1. The van der Waals surface area contributed by atoms with Gasteiger partial charge in [-0.15, -0.1) is 0 Å². The molecule has 7 heteroatoms. The third kappa shape index (κ3) is 5.57. The first kappa shape index (κ1) is 24.4. The highest BCUT2D eigenvalue weighted by atomic mass is 28.4. The molecule has 0 spiro atoms. The normalized spacial score (nSPS) is 21.4. The summed E-state index contributed by atoms with van der Waals surface area (Å²) < 4.78 is 27.7. The van der Waals surface area contributed by atoms with Crippen molar-refractivity contribution in [3.8, 4) is 5.75 Å². The summed E-state index contributed by atoms with van der Waals surface area (Å²) in [5.41, 5.74) is 1.37. The number of ether oxygens (including phenoxy) is 2. The summed E-state index contributed by atoms with van der Waals surface area (Å²) in [5.74, 6) is 0.403. The van der Waals surface area contributed by atoms with Gasteiger partial charge in [0.05, 0.1) is 12.7 Å². The molecule has 0 radical (unpaired) electrons. The van der Waals surface area contributed by atoms with Gasteiger partial charge >= 0.3 is 0 Å². The molecule has 0 saturated heterocycles. The number of carbonyl (C=O) groups is 1. The summed E-state index contributed by atoms with van der Waals surface area (Å²) >= 11 is 0. The molecule has 1 N–H and O–H groups in total. The minimum atomic E-state index is -3.29.